The normalized spacial score (nSPS) is 28.1. The maximum Gasteiger partial charge on any atom is 0.129 e. The molecule has 4 heteroatoms. The molecule has 1 saturated carbocycles. The number of nitrogens with zero attached hydrogens (tertiary/aromatic N) is 1. The summed E-state index contributed by atoms with van der Waals surface area (Å²) in [6, 6.07) is 6.32. The second kappa shape index (κ2) is 5.48. The highest BCUT2D eigenvalue weighted by atomic mass is 35.5. The number of aliphatic hydroxyl groups excluding tert-OH is 1. The van der Waals surface area contributed by atoms with Gasteiger partial charge in [-0.15, -0.1) is 0 Å². The lowest BCUT2D eigenvalue weighted by atomic mass is 9.77. The number of benzene rings is 1. The minimum absolute atomic E-state index is 0.130. The largest absolute Gasteiger partial charge is 0.387 e. The number of nitriles is 1. The van der Waals surface area contributed by atoms with E-state index < -0.39 is 17.3 Å². The van der Waals surface area contributed by atoms with Gasteiger partial charge in [0, 0.05) is 10.6 Å². The van der Waals surface area contributed by atoms with Crippen LogP contribution in [0.4, 0.5) is 4.39 Å². The molecule has 0 aromatic heterocycles. The number of hydrogen-bond acceptors (Lipinski definition) is 2. The number of halogens is 2. The summed E-state index contributed by atoms with van der Waals surface area (Å²) in [6.07, 6.45) is 1.99. The van der Waals surface area contributed by atoms with E-state index in [2.05, 4.69) is 13.0 Å². The topological polar surface area (TPSA) is 44.0 Å². The molecule has 0 radical (unpaired) electrons. The molecule has 1 aliphatic carbocycles. The fourth-order valence-corrected chi connectivity index (χ4v) is 3.14. The molecule has 2 rings (SSSR count). The van der Waals surface area contributed by atoms with Crippen molar-refractivity contribution in [2.45, 2.75) is 38.7 Å². The summed E-state index contributed by atoms with van der Waals surface area (Å²) >= 11 is 5.85. The summed E-state index contributed by atoms with van der Waals surface area (Å²) in [5.74, 6) is -0.0805. The highest BCUT2D eigenvalue weighted by Gasteiger charge is 2.46. The quantitative estimate of drug-likeness (QED) is 0.901. The third kappa shape index (κ3) is 2.61. The van der Waals surface area contributed by atoms with Gasteiger partial charge in [-0.3, -0.25) is 0 Å². The SMILES string of the molecule is CCC1CCC(C#N)(C(O)c2cc(Cl)ccc2F)C1. The molecule has 1 aromatic rings. The molecule has 0 heterocycles. The van der Waals surface area contributed by atoms with Gasteiger partial charge < -0.3 is 5.11 Å². The Kier molecular flexibility index (Phi) is 4.13. The molecule has 19 heavy (non-hydrogen) atoms. The van der Waals surface area contributed by atoms with Crippen molar-refractivity contribution >= 4 is 11.6 Å². The first-order valence-electron chi connectivity index (χ1n) is 6.56. The van der Waals surface area contributed by atoms with Gasteiger partial charge in [0.25, 0.3) is 0 Å². The molecule has 1 aromatic carbocycles. The Balaban J connectivity index is 2.34. The first kappa shape index (κ1) is 14.3. The zero-order chi connectivity index (χ0) is 14.0. The van der Waals surface area contributed by atoms with Gasteiger partial charge >= 0.3 is 0 Å². The Labute approximate surface area is 117 Å². The van der Waals surface area contributed by atoms with Crippen LogP contribution in [0, 0.1) is 28.5 Å². The van der Waals surface area contributed by atoms with Crippen LogP contribution in [0.5, 0.6) is 0 Å². The third-order valence-electron chi connectivity index (χ3n) is 4.23. The lowest BCUT2D eigenvalue weighted by molar-refractivity contribution is 0.0609. The molecule has 0 bridgehead atoms. The minimum atomic E-state index is -1.12. The summed E-state index contributed by atoms with van der Waals surface area (Å²) in [7, 11) is 0. The fourth-order valence-electron chi connectivity index (χ4n) is 2.96. The lowest BCUT2D eigenvalue weighted by Crippen LogP contribution is -2.25. The maximum absolute atomic E-state index is 13.8. The molecule has 2 nitrogen and oxygen atoms in total. The molecular formula is C15H17ClFNO. The molecule has 0 saturated heterocycles. The Morgan fingerprint density at radius 2 is 2.37 bits per heavy atom. The van der Waals surface area contributed by atoms with Crippen molar-refractivity contribution in [3.05, 3.63) is 34.6 Å². The van der Waals surface area contributed by atoms with E-state index in [0.29, 0.717) is 23.8 Å². The van der Waals surface area contributed by atoms with Gasteiger partial charge in [-0.2, -0.15) is 5.26 Å². The highest BCUT2D eigenvalue weighted by molar-refractivity contribution is 6.30. The van der Waals surface area contributed by atoms with E-state index in [4.69, 9.17) is 11.6 Å². The summed E-state index contributed by atoms with van der Waals surface area (Å²) in [5.41, 5.74) is -0.752. The van der Waals surface area contributed by atoms with Crippen molar-refractivity contribution in [2.24, 2.45) is 11.3 Å². The Bertz CT molecular complexity index is 513. The maximum atomic E-state index is 13.8. The molecule has 3 unspecified atom stereocenters. The first-order valence-corrected chi connectivity index (χ1v) is 6.94. The minimum Gasteiger partial charge on any atom is -0.387 e. The molecule has 1 N–H and O–H groups in total. The summed E-state index contributed by atoms with van der Waals surface area (Å²) in [4.78, 5) is 0. The van der Waals surface area contributed by atoms with Crippen LogP contribution in [-0.4, -0.2) is 5.11 Å². The molecule has 0 amide bonds. The van der Waals surface area contributed by atoms with Crippen LogP contribution in [-0.2, 0) is 0 Å². The average Bonchev–Trinajstić information content (AvgIpc) is 2.85. The van der Waals surface area contributed by atoms with Crippen LogP contribution in [0.15, 0.2) is 18.2 Å². The average molecular weight is 282 g/mol. The van der Waals surface area contributed by atoms with Crippen molar-refractivity contribution in [3.63, 3.8) is 0 Å². The number of aliphatic hydroxyl groups is 1. The van der Waals surface area contributed by atoms with Gasteiger partial charge in [0.1, 0.15) is 11.9 Å². The van der Waals surface area contributed by atoms with E-state index in [0.717, 1.165) is 12.8 Å². The Morgan fingerprint density at radius 3 is 2.95 bits per heavy atom. The molecule has 0 aliphatic heterocycles. The van der Waals surface area contributed by atoms with E-state index in [1.807, 2.05) is 0 Å². The Morgan fingerprint density at radius 1 is 1.63 bits per heavy atom. The van der Waals surface area contributed by atoms with Gasteiger partial charge in [0.15, 0.2) is 0 Å². The predicted octanol–water partition coefficient (Wildman–Crippen LogP) is 4.23. The van der Waals surface area contributed by atoms with Crippen molar-refractivity contribution in [2.75, 3.05) is 0 Å². The third-order valence-corrected chi connectivity index (χ3v) is 4.46. The Hall–Kier alpha value is -1.11. The van der Waals surface area contributed by atoms with Crippen molar-refractivity contribution in [3.8, 4) is 6.07 Å². The molecule has 1 aliphatic rings. The second-order valence-electron chi connectivity index (χ2n) is 5.35. The molecule has 0 spiro atoms. The van der Waals surface area contributed by atoms with Crippen molar-refractivity contribution in [1.29, 1.82) is 5.26 Å². The van der Waals surface area contributed by atoms with Crippen LogP contribution in [0.1, 0.15) is 44.3 Å². The predicted molar refractivity (Wildman–Crippen MR) is 72.0 cm³/mol. The van der Waals surface area contributed by atoms with Gasteiger partial charge in [0.2, 0.25) is 0 Å². The van der Waals surface area contributed by atoms with Crippen LogP contribution < -0.4 is 0 Å². The van der Waals surface area contributed by atoms with E-state index in [-0.39, 0.29) is 5.56 Å². The molecule has 102 valence electrons. The summed E-state index contributed by atoms with van der Waals surface area (Å²) in [5, 5.41) is 20.3. The fraction of sp³-hybridized carbons (Fsp3) is 0.533. The highest BCUT2D eigenvalue weighted by Crippen LogP contribution is 2.50. The standard InChI is InChI=1S/C15H17ClFNO/c1-2-10-5-6-15(8-10,9-18)14(19)12-7-11(16)3-4-13(12)17/h3-4,7,10,14,19H,2,5-6,8H2,1H3. The van der Waals surface area contributed by atoms with Gasteiger partial charge in [-0.05, 0) is 43.4 Å². The van der Waals surface area contributed by atoms with Crippen LogP contribution in [0.25, 0.3) is 0 Å². The van der Waals surface area contributed by atoms with E-state index in [1.165, 1.54) is 18.2 Å². The van der Waals surface area contributed by atoms with Gasteiger partial charge in [-0.25, -0.2) is 4.39 Å². The molecular weight excluding hydrogens is 265 g/mol. The molecule has 3 atom stereocenters. The van der Waals surface area contributed by atoms with E-state index in [1.54, 1.807) is 0 Å². The van der Waals surface area contributed by atoms with E-state index in [9.17, 15) is 14.8 Å². The second-order valence-corrected chi connectivity index (χ2v) is 5.79. The summed E-state index contributed by atoms with van der Waals surface area (Å²) < 4.78 is 13.8. The van der Waals surface area contributed by atoms with Gasteiger partial charge in [-0.1, -0.05) is 24.9 Å². The van der Waals surface area contributed by atoms with Crippen molar-refractivity contribution < 1.29 is 9.50 Å². The van der Waals surface area contributed by atoms with E-state index >= 15 is 0 Å². The number of hydrogen-bond donors (Lipinski definition) is 1. The van der Waals surface area contributed by atoms with Crippen LogP contribution in [0.2, 0.25) is 5.02 Å². The zero-order valence-corrected chi connectivity index (χ0v) is 11.6. The zero-order valence-electron chi connectivity index (χ0n) is 10.9. The van der Waals surface area contributed by atoms with Crippen molar-refractivity contribution in [1.82, 2.24) is 0 Å². The molecule has 1 fully saturated rings. The van der Waals surface area contributed by atoms with Gasteiger partial charge in [0.05, 0.1) is 11.5 Å². The summed E-state index contributed by atoms with van der Waals surface area (Å²) in [6.45, 7) is 2.07. The number of rotatable bonds is 3. The van der Waals surface area contributed by atoms with Crippen LogP contribution in [0.3, 0.4) is 0 Å². The lowest BCUT2D eigenvalue weighted by Gasteiger charge is -2.28. The monoisotopic (exact) mass is 281 g/mol. The smallest absolute Gasteiger partial charge is 0.129 e. The first-order chi connectivity index (χ1) is 9.02. The van der Waals surface area contributed by atoms with Crippen LogP contribution >= 0.6 is 11.6 Å².